The number of para-hydroxylation sites is 2. The van der Waals surface area contributed by atoms with Gasteiger partial charge in [-0.3, -0.25) is 4.79 Å². The Morgan fingerprint density at radius 2 is 1.64 bits per heavy atom. The molecule has 0 bridgehead atoms. The van der Waals surface area contributed by atoms with Crippen LogP contribution in [0.25, 0.3) is 0 Å². The third kappa shape index (κ3) is 5.60. The molecule has 4 heterocycles. The van der Waals surface area contributed by atoms with E-state index in [0.717, 1.165) is 5.56 Å². The Hall–Kier alpha value is -3.52. The minimum Gasteiger partial charge on any atom is -0.497 e. The van der Waals surface area contributed by atoms with Crippen molar-refractivity contribution < 1.29 is 52.2 Å². The number of benzene rings is 3. The van der Waals surface area contributed by atoms with Gasteiger partial charge in [-0.05, 0) is 73.5 Å². The summed E-state index contributed by atoms with van der Waals surface area (Å²) in [5.41, 5.74) is -0.643. The fraction of sp³-hybridized carbons (Fsp3) is 0.429. The van der Waals surface area contributed by atoms with Gasteiger partial charge in [0, 0.05) is 11.1 Å². The predicted molar refractivity (Wildman–Crippen MR) is 168 cm³/mol. The van der Waals surface area contributed by atoms with E-state index < -0.39 is 59.6 Å². The van der Waals surface area contributed by atoms with E-state index >= 15 is 0 Å². The van der Waals surface area contributed by atoms with Gasteiger partial charge in [0.25, 0.3) is 0 Å². The van der Waals surface area contributed by atoms with E-state index in [2.05, 4.69) is 15.9 Å². The molecule has 47 heavy (non-hydrogen) atoms. The number of rotatable bonds is 8. The summed E-state index contributed by atoms with van der Waals surface area (Å²) in [5, 5.41) is 0. The average molecular weight is 712 g/mol. The van der Waals surface area contributed by atoms with E-state index in [-0.39, 0.29) is 30.3 Å². The van der Waals surface area contributed by atoms with Crippen molar-refractivity contribution in [3.05, 3.63) is 87.9 Å². The Balaban J connectivity index is 1.29. The second-order valence-corrected chi connectivity index (χ2v) is 13.5. The van der Waals surface area contributed by atoms with E-state index in [4.69, 9.17) is 42.6 Å². The number of carbonyl (C=O) groups excluding carboxylic acids is 2. The maximum atomic E-state index is 14.9. The van der Waals surface area contributed by atoms with Crippen molar-refractivity contribution in [3.8, 4) is 17.2 Å². The molecule has 3 fully saturated rings. The first-order valence-electron chi connectivity index (χ1n) is 15.3. The largest absolute Gasteiger partial charge is 0.497 e. The van der Waals surface area contributed by atoms with Crippen LogP contribution >= 0.6 is 15.9 Å². The number of ether oxygens (including phenoxy) is 9. The highest BCUT2D eigenvalue weighted by atomic mass is 79.9. The van der Waals surface area contributed by atoms with E-state index in [1.165, 1.54) is 0 Å². The molecule has 3 aromatic carbocycles. The molecule has 4 aliphatic rings. The van der Waals surface area contributed by atoms with Crippen molar-refractivity contribution in [1.29, 1.82) is 0 Å². The highest BCUT2D eigenvalue weighted by molar-refractivity contribution is 9.10. The summed E-state index contributed by atoms with van der Waals surface area (Å²) in [6.45, 7) is 7.42. The van der Waals surface area contributed by atoms with Crippen LogP contribution in [0.15, 0.2) is 71.2 Å². The van der Waals surface area contributed by atoms with Crippen molar-refractivity contribution >= 4 is 27.9 Å². The number of fused-ring (bicyclic) bond motifs is 2. The highest BCUT2D eigenvalue weighted by Crippen LogP contribution is 2.51. The van der Waals surface area contributed by atoms with Gasteiger partial charge in [0.2, 0.25) is 5.41 Å². The molecule has 0 aromatic heterocycles. The monoisotopic (exact) mass is 710 g/mol. The molecule has 12 heteroatoms. The quantitative estimate of drug-likeness (QED) is 0.175. The minimum atomic E-state index is -2.06. The molecule has 0 amide bonds. The van der Waals surface area contributed by atoms with Crippen LogP contribution in [0.5, 0.6) is 17.2 Å². The zero-order valence-electron chi connectivity index (χ0n) is 26.5. The molecule has 11 nitrogen and oxygen atoms in total. The Morgan fingerprint density at radius 3 is 2.36 bits per heavy atom. The zero-order chi connectivity index (χ0) is 33.1. The van der Waals surface area contributed by atoms with Crippen LogP contribution in [0.2, 0.25) is 0 Å². The molecule has 3 aromatic rings. The molecule has 0 N–H and O–H groups in total. The van der Waals surface area contributed by atoms with Crippen LogP contribution in [-0.4, -0.2) is 67.9 Å². The predicted octanol–water partition coefficient (Wildman–Crippen LogP) is 5.18. The van der Waals surface area contributed by atoms with Gasteiger partial charge in [-0.15, -0.1) is 0 Å². The SMILES string of the molecule is COc1ccc(COc2c(Br)cccc2[C@@]2(C(=O)O[C@@H]3[C@H]4OC(C)(C)O[C@H]4O[C@@H]3[C@H]3COC(C)(C)O3)C(=O)Oc3ccccc32)cc1. The van der Waals surface area contributed by atoms with E-state index in [9.17, 15) is 9.59 Å². The molecule has 4 aliphatic heterocycles. The van der Waals surface area contributed by atoms with Gasteiger partial charge in [0.1, 0.15) is 36.1 Å². The Kier molecular flexibility index (Phi) is 8.09. The van der Waals surface area contributed by atoms with Crippen molar-refractivity contribution in [1.82, 2.24) is 0 Å². The van der Waals surface area contributed by atoms with Crippen LogP contribution in [0.3, 0.4) is 0 Å². The van der Waals surface area contributed by atoms with Gasteiger partial charge < -0.3 is 42.6 Å². The van der Waals surface area contributed by atoms with Gasteiger partial charge in [-0.2, -0.15) is 0 Å². The third-order valence-corrected chi connectivity index (χ3v) is 9.31. The molecule has 0 aliphatic carbocycles. The summed E-state index contributed by atoms with van der Waals surface area (Å²) in [5.74, 6) is -2.36. The van der Waals surface area contributed by atoms with Gasteiger partial charge in [0.15, 0.2) is 30.1 Å². The first-order chi connectivity index (χ1) is 22.4. The molecule has 0 radical (unpaired) electrons. The molecule has 7 rings (SSSR count). The standard InChI is InChI=1S/C35H35BrO11/c1-33(2)41-18-25(45-33)27-28(29-30(43-27)47-34(3,4)46-29)44-32(38)35(21-9-6-7-12-24(21)42-31(35)37)22-10-8-11-23(36)26(22)40-17-19-13-15-20(39-5)16-14-19/h6-16,25,27-30H,17-18H2,1-5H3/t25-,27-,28+,29-,30-,35-/m1/s1. The molecular formula is C35H35BrO11. The number of hydrogen-bond acceptors (Lipinski definition) is 11. The average Bonchev–Trinajstić information content (AvgIpc) is 3.74. The molecule has 6 atom stereocenters. The number of hydrogen-bond donors (Lipinski definition) is 0. The fourth-order valence-electron chi connectivity index (χ4n) is 6.57. The van der Waals surface area contributed by atoms with Gasteiger partial charge >= 0.3 is 11.9 Å². The first-order valence-corrected chi connectivity index (χ1v) is 16.1. The van der Waals surface area contributed by atoms with E-state index in [0.29, 0.717) is 15.8 Å². The highest BCUT2D eigenvalue weighted by Gasteiger charge is 2.64. The minimum absolute atomic E-state index is 0.138. The second-order valence-electron chi connectivity index (χ2n) is 12.7. The molecule has 0 spiro atoms. The lowest BCUT2D eigenvalue weighted by atomic mass is 9.75. The fourth-order valence-corrected chi connectivity index (χ4v) is 7.05. The maximum Gasteiger partial charge on any atom is 0.338 e. The van der Waals surface area contributed by atoms with Crippen LogP contribution in [-0.2, 0) is 50.0 Å². The molecule has 248 valence electrons. The molecule has 3 saturated heterocycles. The van der Waals surface area contributed by atoms with E-state index in [1.807, 2.05) is 24.3 Å². The Labute approximate surface area is 280 Å². The van der Waals surface area contributed by atoms with Gasteiger partial charge in [0.05, 0.1) is 18.2 Å². The number of esters is 2. The summed E-state index contributed by atoms with van der Waals surface area (Å²) in [6, 6.07) is 19.3. The lowest BCUT2D eigenvalue weighted by Crippen LogP contribution is -2.51. The number of halogens is 1. The van der Waals surface area contributed by atoms with Crippen molar-refractivity contribution in [2.45, 2.75) is 82.0 Å². The first kappa shape index (κ1) is 32.0. The van der Waals surface area contributed by atoms with Crippen molar-refractivity contribution in [3.63, 3.8) is 0 Å². The van der Waals surface area contributed by atoms with E-state index in [1.54, 1.807) is 77.3 Å². The number of carbonyl (C=O) groups is 2. The zero-order valence-corrected chi connectivity index (χ0v) is 28.1. The molecular weight excluding hydrogens is 676 g/mol. The summed E-state index contributed by atoms with van der Waals surface area (Å²) in [6.07, 6.45) is -4.08. The second kappa shape index (κ2) is 11.9. The van der Waals surface area contributed by atoms with Crippen LogP contribution in [0.4, 0.5) is 0 Å². The van der Waals surface area contributed by atoms with Gasteiger partial charge in [-0.25, -0.2) is 4.79 Å². The smallest absolute Gasteiger partial charge is 0.338 e. The van der Waals surface area contributed by atoms with Crippen molar-refractivity contribution in [2.75, 3.05) is 13.7 Å². The summed E-state index contributed by atoms with van der Waals surface area (Å²) >= 11 is 3.59. The summed E-state index contributed by atoms with van der Waals surface area (Å²) in [4.78, 5) is 29.1. The summed E-state index contributed by atoms with van der Waals surface area (Å²) in [7, 11) is 1.60. The van der Waals surface area contributed by atoms with Crippen molar-refractivity contribution in [2.24, 2.45) is 0 Å². The number of methoxy groups -OCH3 is 1. The molecule has 0 saturated carbocycles. The maximum absolute atomic E-state index is 14.9. The van der Waals surface area contributed by atoms with Gasteiger partial charge in [-0.1, -0.05) is 42.5 Å². The Bertz CT molecular complexity index is 1690. The lowest BCUT2D eigenvalue weighted by Gasteiger charge is -2.32. The molecule has 0 unspecified atom stereocenters. The normalized spacial score (nSPS) is 30.0. The lowest BCUT2D eigenvalue weighted by molar-refractivity contribution is -0.236. The van der Waals surface area contributed by atoms with Crippen LogP contribution in [0.1, 0.15) is 44.4 Å². The third-order valence-electron chi connectivity index (χ3n) is 8.69. The summed E-state index contributed by atoms with van der Waals surface area (Å²) < 4.78 is 54.7. The van der Waals surface area contributed by atoms with Crippen LogP contribution < -0.4 is 14.2 Å². The van der Waals surface area contributed by atoms with Crippen LogP contribution in [0, 0.1) is 0 Å². The Morgan fingerprint density at radius 1 is 0.894 bits per heavy atom. The topological polar surface area (TPSA) is 117 Å².